The zero-order chi connectivity index (χ0) is 18.1. The van der Waals surface area contributed by atoms with Crippen LogP contribution in [0.5, 0.6) is 0 Å². The number of nitrogens with zero attached hydrogens (tertiary/aromatic N) is 4. The van der Waals surface area contributed by atoms with Gasteiger partial charge in [0, 0.05) is 18.0 Å². The topological polar surface area (TPSA) is 64.2 Å². The van der Waals surface area contributed by atoms with Gasteiger partial charge in [-0.1, -0.05) is 11.8 Å². The van der Waals surface area contributed by atoms with E-state index < -0.39 is 0 Å². The van der Waals surface area contributed by atoms with E-state index in [4.69, 9.17) is 4.42 Å². The van der Waals surface area contributed by atoms with Gasteiger partial charge in [-0.25, -0.2) is 0 Å². The molecule has 1 aliphatic carbocycles. The van der Waals surface area contributed by atoms with Gasteiger partial charge in [0.15, 0.2) is 5.16 Å². The summed E-state index contributed by atoms with van der Waals surface area (Å²) in [5, 5.41) is 9.60. The maximum Gasteiger partial charge on any atom is 0.233 e. The molecule has 4 rings (SSSR count). The van der Waals surface area contributed by atoms with Crippen LogP contribution in [-0.4, -0.2) is 43.4 Å². The summed E-state index contributed by atoms with van der Waals surface area (Å²) in [6.45, 7) is 4.94. The van der Waals surface area contributed by atoms with Gasteiger partial charge >= 0.3 is 0 Å². The molecule has 7 heteroatoms. The molecule has 2 atom stereocenters. The van der Waals surface area contributed by atoms with Crippen molar-refractivity contribution in [3.63, 3.8) is 0 Å². The van der Waals surface area contributed by atoms with Crippen LogP contribution >= 0.6 is 11.8 Å². The minimum Gasteiger partial charge on any atom is -0.467 e. The molecule has 0 radical (unpaired) electrons. The molecule has 2 fully saturated rings. The Morgan fingerprint density at radius 2 is 2.00 bits per heavy atom. The minimum absolute atomic E-state index is 0.204. The molecule has 140 valence electrons. The predicted molar refractivity (Wildman–Crippen MR) is 100 cm³/mol. The highest BCUT2D eigenvalue weighted by atomic mass is 32.2. The van der Waals surface area contributed by atoms with Crippen molar-refractivity contribution < 1.29 is 9.21 Å². The first-order chi connectivity index (χ1) is 12.6. The van der Waals surface area contributed by atoms with Gasteiger partial charge in [0.1, 0.15) is 11.6 Å². The molecule has 2 aromatic rings. The van der Waals surface area contributed by atoms with E-state index in [2.05, 4.69) is 33.5 Å². The molecule has 1 amide bonds. The average Bonchev–Trinajstić information content (AvgIpc) is 3.18. The van der Waals surface area contributed by atoms with Crippen molar-refractivity contribution in [2.75, 3.05) is 5.75 Å². The highest BCUT2D eigenvalue weighted by Crippen LogP contribution is 2.40. The predicted octanol–water partition coefficient (Wildman–Crippen LogP) is 3.68. The Morgan fingerprint density at radius 3 is 2.65 bits per heavy atom. The summed E-state index contributed by atoms with van der Waals surface area (Å²) >= 11 is 1.50. The Kier molecular flexibility index (Phi) is 5.07. The van der Waals surface area contributed by atoms with E-state index in [0.29, 0.717) is 30.3 Å². The van der Waals surface area contributed by atoms with Crippen LogP contribution in [0.2, 0.25) is 0 Å². The van der Waals surface area contributed by atoms with Gasteiger partial charge in [-0.3, -0.25) is 9.36 Å². The molecule has 1 saturated carbocycles. The summed E-state index contributed by atoms with van der Waals surface area (Å²) < 4.78 is 7.63. The molecule has 0 bridgehead atoms. The molecule has 0 spiro atoms. The molecule has 1 saturated heterocycles. The fourth-order valence-electron chi connectivity index (χ4n) is 3.87. The van der Waals surface area contributed by atoms with Gasteiger partial charge < -0.3 is 9.32 Å². The first-order valence-electron chi connectivity index (χ1n) is 9.53. The fourth-order valence-corrected chi connectivity index (χ4v) is 4.69. The molecule has 3 heterocycles. The third-order valence-corrected chi connectivity index (χ3v) is 6.34. The van der Waals surface area contributed by atoms with E-state index in [1.54, 1.807) is 6.26 Å². The monoisotopic (exact) mass is 374 g/mol. The van der Waals surface area contributed by atoms with E-state index in [0.717, 1.165) is 29.6 Å². The first kappa shape index (κ1) is 17.6. The summed E-state index contributed by atoms with van der Waals surface area (Å²) in [4.78, 5) is 14.9. The lowest BCUT2D eigenvalue weighted by atomic mass is 9.98. The number of hydrogen-bond donors (Lipinski definition) is 0. The summed E-state index contributed by atoms with van der Waals surface area (Å²) in [6, 6.07) is 4.52. The zero-order valence-electron chi connectivity index (χ0n) is 15.4. The molecule has 2 aromatic heterocycles. The third kappa shape index (κ3) is 3.68. The average molecular weight is 375 g/mol. The van der Waals surface area contributed by atoms with E-state index in [9.17, 15) is 4.79 Å². The fraction of sp³-hybridized carbons (Fsp3) is 0.632. The van der Waals surface area contributed by atoms with E-state index in [1.807, 2.05) is 12.1 Å². The molecule has 26 heavy (non-hydrogen) atoms. The van der Waals surface area contributed by atoms with Gasteiger partial charge in [-0.15, -0.1) is 10.2 Å². The van der Waals surface area contributed by atoms with Crippen LogP contribution in [0.1, 0.15) is 63.5 Å². The van der Waals surface area contributed by atoms with E-state index >= 15 is 0 Å². The Balaban J connectivity index is 1.46. The number of aromatic nitrogens is 3. The van der Waals surface area contributed by atoms with Crippen molar-refractivity contribution in [1.82, 2.24) is 19.7 Å². The molecule has 2 aliphatic rings. The van der Waals surface area contributed by atoms with Gasteiger partial charge in [0.05, 0.1) is 18.6 Å². The van der Waals surface area contributed by atoms with Crippen LogP contribution in [0.4, 0.5) is 0 Å². The number of thioether (sulfide) groups is 1. The van der Waals surface area contributed by atoms with Crippen LogP contribution < -0.4 is 0 Å². The minimum atomic E-state index is 0.204. The van der Waals surface area contributed by atoms with Crippen molar-refractivity contribution in [2.45, 2.75) is 75.7 Å². The second-order valence-corrected chi connectivity index (χ2v) is 8.44. The SMILES string of the molecule is CC1CCCC(C)N1C(=O)CSc1nnc(C2CC2)n1Cc1ccco1. The Labute approximate surface area is 158 Å². The molecule has 2 unspecified atom stereocenters. The summed E-state index contributed by atoms with van der Waals surface area (Å²) in [5.74, 6) is 3.03. The number of carbonyl (C=O) groups excluding carboxylic acids is 1. The first-order valence-corrected chi connectivity index (χ1v) is 10.5. The number of rotatable bonds is 6. The maximum absolute atomic E-state index is 12.8. The van der Waals surface area contributed by atoms with E-state index in [-0.39, 0.29) is 5.91 Å². The molecular formula is C19H26N4O2S. The van der Waals surface area contributed by atoms with Crippen LogP contribution in [-0.2, 0) is 11.3 Å². The molecular weight excluding hydrogens is 348 g/mol. The van der Waals surface area contributed by atoms with Crippen LogP contribution in [0.25, 0.3) is 0 Å². The van der Waals surface area contributed by atoms with Crippen molar-refractivity contribution in [3.8, 4) is 0 Å². The molecule has 0 aromatic carbocycles. The summed E-state index contributed by atoms with van der Waals surface area (Å²) in [7, 11) is 0. The van der Waals surface area contributed by atoms with Gasteiger partial charge in [0.25, 0.3) is 0 Å². The Bertz CT molecular complexity index is 744. The lowest BCUT2D eigenvalue weighted by Crippen LogP contribution is -2.48. The van der Waals surface area contributed by atoms with E-state index in [1.165, 1.54) is 31.0 Å². The van der Waals surface area contributed by atoms with Gasteiger partial charge in [0.2, 0.25) is 5.91 Å². The van der Waals surface area contributed by atoms with Gasteiger partial charge in [-0.05, 0) is 58.1 Å². The number of likely N-dealkylation sites (tertiary alicyclic amines) is 1. The van der Waals surface area contributed by atoms with Crippen LogP contribution in [0, 0.1) is 0 Å². The van der Waals surface area contributed by atoms with Crippen molar-refractivity contribution in [3.05, 3.63) is 30.0 Å². The molecule has 0 N–H and O–H groups in total. The van der Waals surface area contributed by atoms with Gasteiger partial charge in [-0.2, -0.15) is 0 Å². The number of piperidine rings is 1. The number of hydrogen-bond acceptors (Lipinski definition) is 5. The van der Waals surface area contributed by atoms with Crippen LogP contribution in [0.3, 0.4) is 0 Å². The number of furan rings is 1. The van der Waals surface area contributed by atoms with Crippen molar-refractivity contribution >= 4 is 17.7 Å². The van der Waals surface area contributed by atoms with Crippen LogP contribution in [0.15, 0.2) is 28.0 Å². The second kappa shape index (κ2) is 7.47. The highest BCUT2D eigenvalue weighted by Gasteiger charge is 2.32. The maximum atomic E-state index is 12.8. The Morgan fingerprint density at radius 1 is 1.23 bits per heavy atom. The molecule has 1 aliphatic heterocycles. The standard InChI is InChI=1S/C19H26N4O2S/c1-13-5-3-6-14(2)23(13)17(24)12-26-19-21-20-18(15-8-9-15)22(19)11-16-7-4-10-25-16/h4,7,10,13-15H,3,5-6,8-9,11-12H2,1-2H3. The van der Waals surface area contributed by atoms with Crippen molar-refractivity contribution in [2.24, 2.45) is 0 Å². The number of amides is 1. The number of carbonyl (C=O) groups is 1. The Hall–Kier alpha value is -1.76. The largest absolute Gasteiger partial charge is 0.467 e. The molecule has 6 nitrogen and oxygen atoms in total. The smallest absolute Gasteiger partial charge is 0.233 e. The second-order valence-electron chi connectivity index (χ2n) is 7.50. The highest BCUT2D eigenvalue weighted by molar-refractivity contribution is 7.99. The summed E-state index contributed by atoms with van der Waals surface area (Å²) in [6.07, 6.45) is 7.43. The lowest BCUT2D eigenvalue weighted by Gasteiger charge is -2.39. The normalized spacial score (nSPS) is 23.4. The quantitative estimate of drug-likeness (QED) is 0.722. The third-order valence-electron chi connectivity index (χ3n) is 5.39. The van der Waals surface area contributed by atoms with Crippen molar-refractivity contribution in [1.29, 1.82) is 0 Å². The lowest BCUT2D eigenvalue weighted by molar-refractivity contribution is -0.134. The summed E-state index contributed by atoms with van der Waals surface area (Å²) in [5.41, 5.74) is 0. The zero-order valence-corrected chi connectivity index (χ0v) is 16.2.